The molecule has 1 saturated heterocycles. The summed E-state index contributed by atoms with van der Waals surface area (Å²) >= 11 is 0. The van der Waals surface area contributed by atoms with Crippen LogP contribution in [0.5, 0.6) is 0 Å². The molecule has 4 heterocycles. The van der Waals surface area contributed by atoms with E-state index < -0.39 is 0 Å². The van der Waals surface area contributed by atoms with Crippen LogP contribution < -0.4 is 0 Å². The molecular weight excluding hydrogens is 314 g/mol. The normalized spacial score (nSPS) is 18.0. The third kappa shape index (κ3) is 2.92. The number of rotatable bonds is 3. The van der Waals surface area contributed by atoms with E-state index in [0.717, 1.165) is 42.2 Å². The van der Waals surface area contributed by atoms with Crippen molar-refractivity contribution in [1.29, 1.82) is 0 Å². The zero-order valence-corrected chi connectivity index (χ0v) is 14.7. The number of carbonyl (C=O) groups excluding carboxylic acids is 1. The second-order valence-electron chi connectivity index (χ2n) is 6.87. The lowest BCUT2D eigenvalue weighted by Gasteiger charge is -2.32. The number of likely N-dealkylation sites (tertiary alicyclic amines) is 1. The summed E-state index contributed by atoms with van der Waals surface area (Å²) in [5, 5.41) is 8.64. The van der Waals surface area contributed by atoms with Crippen molar-refractivity contribution in [3.8, 4) is 0 Å². The van der Waals surface area contributed by atoms with Crippen molar-refractivity contribution in [1.82, 2.24) is 24.1 Å². The van der Waals surface area contributed by atoms with Gasteiger partial charge < -0.3 is 9.47 Å². The molecular formula is C19H23N5O. The maximum atomic E-state index is 12.8. The Labute approximate surface area is 147 Å². The summed E-state index contributed by atoms with van der Waals surface area (Å²) in [5.74, 6) is 1.38. The molecule has 1 aliphatic rings. The first-order valence-corrected chi connectivity index (χ1v) is 8.83. The number of fused-ring (bicyclic) bond motifs is 1. The Morgan fingerprint density at radius 2 is 1.96 bits per heavy atom. The standard InChI is InChI=1S/C19H23N5O/c1-14-8-9-15(2)24(14)13-18(25)22-10-5-6-16(12-22)19-21-20-17-7-3-4-11-23(17)19/h3-4,7-9,11,16H,5-6,10,12-13H2,1-2H3/t16-/m1/s1. The van der Waals surface area contributed by atoms with E-state index in [-0.39, 0.29) is 11.8 Å². The first-order chi connectivity index (χ1) is 12.1. The topological polar surface area (TPSA) is 55.4 Å². The van der Waals surface area contributed by atoms with Crippen LogP contribution in [0.15, 0.2) is 36.5 Å². The highest BCUT2D eigenvalue weighted by molar-refractivity contribution is 5.76. The fraction of sp³-hybridized carbons (Fsp3) is 0.421. The summed E-state index contributed by atoms with van der Waals surface area (Å²) in [6, 6.07) is 10.0. The third-order valence-electron chi connectivity index (χ3n) is 5.19. The minimum absolute atomic E-state index is 0.181. The Balaban J connectivity index is 1.52. The molecule has 3 aromatic rings. The number of amides is 1. The summed E-state index contributed by atoms with van der Waals surface area (Å²) in [6.07, 6.45) is 4.04. The molecule has 0 aliphatic carbocycles. The number of pyridine rings is 1. The summed E-state index contributed by atoms with van der Waals surface area (Å²) in [5.41, 5.74) is 3.12. The van der Waals surface area contributed by atoms with E-state index in [1.54, 1.807) is 0 Å². The van der Waals surface area contributed by atoms with E-state index in [1.165, 1.54) is 0 Å². The molecule has 0 bridgehead atoms. The van der Waals surface area contributed by atoms with Crippen LogP contribution in [0.3, 0.4) is 0 Å². The fourth-order valence-corrected chi connectivity index (χ4v) is 3.74. The zero-order chi connectivity index (χ0) is 17.4. The van der Waals surface area contributed by atoms with Crippen molar-refractivity contribution < 1.29 is 4.79 Å². The van der Waals surface area contributed by atoms with Crippen LogP contribution in [-0.4, -0.2) is 43.1 Å². The molecule has 1 amide bonds. The van der Waals surface area contributed by atoms with Crippen molar-refractivity contribution in [3.63, 3.8) is 0 Å². The van der Waals surface area contributed by atoms with Crippen LogP contribution in [0.2, 0.25) is 0 Å². The number of hydrogen-bond donors (Lipinski definition) is 0. The number of hydrogen-bond acceptors (Lipinski definition) is 3. The van der Waals surface area contributed by atoms with Gasteiger partial charge in [-0.05, 0) is 51.0 Å². The average molecular weight is 337 g/mol. The molecule has 1 aliphatic heterocycles. The van der Waals surface area contributed by atoms with E-state index in [0.29, 0.717) is 13.1 Å². The summed E-state index contributed by atoms with van der Waals surface area (Å²) in [4.78, 5) is 14.8. The van der Waals surface area contributed by atoms with Gasteiger partial charge >= 0.3 is 0 Å². The van der Waals surface area contributed by atoms with E-state index in [9.17, 15) is 4.79 Å². The number of piperidine rings is 1. The Morgan fingerprint density at radius 1 is 1.16 bits per heavy atom. The predicted octanol–water partition coefficient (Wildman–Crippen LogP) is 2.55. The molecule has 0 spiro atoms. The van der Waals surface area contributed by atoms with Gasteiger partial charge in [0.15, 0.2) is 5.65 Å². The molecule has 6 nitrogen and oxygen atoms in total. The number of aromatic nitrogens is 4. The van der Waals surface area contributed by atoms with E-state index in [2.05, 4.69) is 26.9 Å². The summed E-state index contributed by atoms with van der Waals surface area (Å²) in [6.45, 7) is 6.04. The van der Waals surface area contributed by atoms with E-state index in [4.69, 9.17) is 0 Å². The number of aryl methyl sites for hydroxylation is 2. The Kier molecular flexibility index (Phi) is 4.03. The maximum absolute atomic E-state index is 12.8. The highest BCUT2D eigenvalue weighted by Crippen LogP contribution is 2.26. The second kappa shape index (κ2) is 6.35. The molecule has 4 rings (SSSR count). The summed E-state index contributed by atoms with van der Waals surface area (Å²) in [7, 11) is 0. The van der Waals surface area contributed by atoms with Gasteiger partial charge in [-0.25, -0.2) is 0 Å². The largest absolute Gasteiger partial charge is 0.340 e. The lowest BCUT2D eigenvalue weighted by atomic mass is 9.97. The van der Waals surface area contributed by atoms with Gasteiger partial charge in [0.05, 0.1) is 0 Å². The molecule has 25 heavy (non-hydrogen) atoms. The van der Waals surface area contributed by atoms with E-state index >= 15 is 0 Å². The van der Waals surface area contributed by atoms with Gasteiger partial charge in [-0.3, -0.25) is 9.20 Å². The van der Waals surface area contributed by atoms with Gasteiger partial charge in [-0.1, -0.05) is 6.07 Å². The highest BCUT2D eigenvalue weighted by atomic mass is 16.2. The number of carbonyl (C=O) groups is 1. The SMILES string of the molecule is Cc1ccc(C)n1CC(=O)N1CCC[C@@H](c2nnc3ccccn23)C1. The second-order valence-corrected chi connectivity index (χ2v) is 6.87. The highest BCUT2D eigenvalue weighted by Gasteiger charge is 2.28. The average Bonchev–Trinajstić information content (AvgIpc) is 3.20. The molecule has 130 valence electrons. The van der Waals surface area contributed by atoms with Crippen LogP contribution in [0, 0.1) is 13.8 Å². The van der Waals surface area contributed by atoms with Crippen LogP contribution in [-0.2, 0) is 11.3 Å². The van der Waals surface area contributed by atoms with Crippen molar-refractivity contribution >= 4 is 11.6 Å². The Bertz CT molecular complexity index is 890. The Hall–Kier alpha value is -2.63. The van der Waals surface area contributed by atoms with Gasteiger partial charge in [-0.15, -0.1) is 10.2 Å². The van der Waals surface area contributed by atoms with Crippen LogP contribution >= 0.6 is 0 Å². The molecule has 3 aromatic heterocycles. The maximum Gasteiger partial charge on any atom is 0.242 e. The zero-order valence-electron chi connectivity index (χ0n) is 14.7. The van der Waals surface area contributed by atoms with Crippen LogP contribution in [0.4, 0.5) is 0 Å². The minimum atomic E-state index is 0.181. The molecule has 0 aromatic carbocycles. The monoisotopic (exact) mass is 337 g/mol. The van der Waals surface area contributed by atoms with Gasteiger partial charge in [0.2, 0.25) is 5.91 Å². The van der Waals surface area contributed by atoms with Crippen molar-refractivity contribution in [2.75, 3.05) is 13.1 Å². The van der Waals surface area contributed by atoms with E-state index in [1.807, 2.05) is 47.5 Å². The first-order valence-electron chi connectivity index (χ1n) is 8.83. The van der Waals surface area contributed by atoms with Crippen LogP contribution in [0.25, 0.3) is 5.65 Å². The predicted molar refractivity (Wildman–Crippen MR) is 95.4 cm³/mol. The quantitative estimate of drug-likeness (QED) is 0.738. The Morgan fingerprint density at radius 3 is 2.76 bits per heavy atom. The van der Waals surface area contributed by atoms with Gasteiger partial charge in [0.25, 0.3) is 0 Å². The molecule has 1 atom stereocenters. The molecule has 0 N–H and O–H groups in total. The number of nitrogens with zero attached hydrogens (tertiary/aromatic N) is 5. The molecule has 0 saturated carbocycles. The summed E-state index contributed by atoms with van der Waals surface area (Å²) < 4.78 is 4.12. The van der Waals surface area contributed by atoms with Gasteiger partial charge in [0.1, 0.15) is 12.4 Å². The fourth-order valence-electron chi connectivity index (χ4n) is 3.74. The van der Waals surface area contributed by atoms with Crippen molar-refractivity contribution in [2.24, 2.45) is 0 Å². The van der Waals surface area contributed by atoms with Gasteiger partial charge in [0, 0.05) is 36.6 Å². The molecule has 1 fully saturated rings. The van der Waals surface area contributed by atoms with Crippen LogP contribution in [0.1, 0.15) is 36.0 Å². The smallest absolute Gasteiger partial charge is 0.242 e. The van der Waals surface area contributed by atoms with Crippen molar-refractivity contribution in [2.45, 2.75) is 39.2 Å². The first kappa shape index (κ1) is 15.9. The lowest BCUT2D eigenvalue weighted by Crippen LogP contribution is -2.41. The molecule has 6 heteroatoms. The third-order valence-corrected chi connectivity index (χ3v) is 5.19. The lowest BCUT2D eigenvalue weighted by molar-refractivity contribution is -0.133. The molecule has 0 radical (unpaired) electrons. The van der Waals surface area contributed by atoms with Gasteiger partial charge in [-0.2, -0.15) is 0 Å². The van der Waals surface area contributed by atoms with Crippen molar-refractivity contribution in [3.05, 3.63) is 53.7 Å². The molecule has 0 unspecified atom stereocenters. The minimum Gasteiger partial charge on any atom is -0.340 e.